The number of hydrogen-bond acceptors (Lipinski definition) is 8. The summed E-state index contributed by atoms with van der Waals surface area (Å²) in [5.74, 6) is -4.65. The number of hydrogen-bond donors (Lipinski definition) is 9. The zero-order valence-corrected chi connectivity index (χ0v) is 35.2. The van der Waals surface area contributed by atoms with Crippen molar-refractivity contribution in [1.82, 2.24) is 47.5 Å². The van der Waals surface area contributed by atoms with Crippen molar-refractivity contribution in [2.75, 3.05) is 26.2 Å². The molecule has 5 rings (SSSR count). The second kappa shape index (κ2) is 23.3. The van der Waals surface area contributed by atoms with Crippen LogP contribution >= 0.6 is 0 Å². The third-order valence-corrected chi connectivity index (χ3v) is 10.6. The Morgan fingerprint density at radius 1 is 0.726 bits per heavy atom. The van der Waals surface area contributed by atoms with Crippen LogP contribution in [0.4, 0.5) is 0 Å². The van der Waals surface area contributed by atoms with Crippen LogP contribution in [-0.4, -0.2) is 103 Å². The van der Waals surface area contributed by atoms with E-state index in [9.17, 15) is 38.4 Å². The minimum absolute atomic E-state index is 0.0274. The Balaban J connectivity index is 1.35. The highest BCUT2D eigenvalue weighted by Crippen LogP contribution is 2.20. The molecule has 0 unspecified atom stereocenters. The number of amides is 8. The number of aromatic nitrogens is 1. The third kappa shape index (κ3) is 14.2. The van der Waals surface area contributed by atoms with Gasteiger partial charge in [-0.15, -0.1) is 0 Å². The highest BCUT2D eigenvalue weighted by Gasteiger charge is 2.29. The molecule has 1 saturated heterocycles. The average molecular weight is 852 g/mol. The van der Waals surface area contributed by atoms with E-state index in [-0.39, 0.29) is 44.7 Å². The van der Waals surface area contributed by atoms with Crippen LogP contribution < -0.4 is 42.5 Å². The Hall–Kier alpha value is -6.78. The zero-order valence-electron chi connectivity index (χ0n) is 35.2. The van der Waals surface area contributed by atoms with Gasteiger partial charge < -0.3 is 47.5 Å². The van der Waals surface area contributed by atoms with E-state index in [1.807, 2.05) is 73.7 Å². The summed E-state index contributed by atoms with van der Waals surface area (Å²) >= 11 is 0. The number of para-hydroxylation sites is 1. The molecule has 1 aliphatic heterocycles. The van der Waals surface area contributed by atoms with Crippen molar-refractivity contribution in [2.45, 2.75) is 95.8 Å². The molecule has 330 valence electrons. The molecule has 1 aliphatic rings. The van der Waals surface area contributed by atoms with Crippen LogP contribution in [0.1, 0.15) is 69.9 Å². The number of carbonyl (C=O) groups is 8. The lowest BCUT2D eigenvalue weighted by Gasteiger charge is -2.23. The average Bonchev–Trinajstić information content (AvgIpc) is 3.67. The maximum Gasteiger partial charge on any atom is 0.243 e. The zero-order chi connectivity index (χ0) is 44.4. The minimum atomic E-state index is -1.25. The number of rotatable bonds is 10. The molecule has 0 saturated carbocycles. The van der Waals surface area contributed by atoms with E-state index in [1.54, 1.807) is 6.20 Å². The molecule has 17 heteroatoms. The molecule has 9 N–H and O–H groups in total. The van der Waals surface area contributed by atoms with Gasteiger partial charge in [0.1, 0.15) is 24.2 Å². The van der Waals surface area contributed by atoms with Crippen LogP contribution in [0.15, 0.2) is 72.9 Å². The SMILES string of the molecule is CCCC[C@@H](NC(C)=O)C(=O)N[C@H]1CCC(=O)NCCCCNC(=O)[C@@H](Cc2c[nH]c3ccccc23)NC(=O)CNC(=O)[C@@H](Cc2ccc3ccccc3c2)NC(=O)CNC1=O. The first-order valence-electron chi connectivity index (χ1n) is 21.2. The quantitative estimate of drug-likeness (QED) is 0.112. The standard InChI is InChI=1S/C45H57N9O8/c1-3-4-14-35(51-28(2)55)45(62)54-36-18-19-39(56)46-20-9-10-21-47-43(60)38(24-32-25-48-34-15-8-7-13-33(32)34)53-41(58)27-50-44(61)37(52-40(57)26-49-42(36)59)23-29-16-17-30-11-5-6-12-31(30)22-29/h5-8,11-13,15-17,22,25,35-38,48H,3-4,9-10,14,18-21,23-24,26-27H2,1-2H3,(H,46,56)(H,47,60)(H,49,59)(H,50,61)(H,51,55)(H,52,57)(H,53,58)(H,54,62)/t35-,36+,37-,38-/m1/s1. The predicted molar refractivity (Wildman–Crippen MR) is 233 cm³/mol. The molecule has 1 fully saturated rings. The Morgan fingerprint density at radius 3 is 2.10 bits per heavy atom. The van der Waals surface area contributed by atoms with Gasteiger partial charge in [-0.2, -0.15) is 0 Å². The van der Waals surface area contributed by atoms with E-state index < -0.39 is 78.6 Å². The first-order chi connectivity index (χ1) is 29.9. The fourth-order valence-electron chi connectivity index (χ4n) is 7.25. The van der Waals surface area contributed by atoms with Crippen molar-refractivity contribution in [1.29, 1.82) is 0 Å². The molecular weight excluding hydrogens is 795 g/mol. The van der Waals surface area contributed by atoms with Crippen molar-refractivity contribution in [2.24, 2.45) is 0 Å². The lowest BCUT2D eigenvalue weighted by atomic mass is 10.0. The Bertz CT molecular complexity index is 2240. The summed E-state index contributed by atoms with van der Waals surface area (Å²) in [5.41, 5.74) is 2.39. The minimum Gasteiger partial charge on any atom is -0.361 e. The van der Waals surface area contributed by atoms with Gasteiger partial charge in [0.2, 0.25) is 47.3 Å². The maximum atomic E-state index is 13.8. The molecule has 2 heterocycles. The molecule has 0 aliphatic carbocycles. The lowest BCUT2D eigenvalue weighted by Crippen LogP contribution is -2.56. The van der Waals surface area contributed by atoms with Crippen molar-refractivity contribution in [3.8, 4) is 0 Å². The highest BCUT2D eigenvalue weighted by atomic mass is 16.2. The Labute approximate surface area is 360 Å². The first kappa shape index (κ1) is 46.3. The number of H-pyrrole nitrogens is 1. The smallest absolute Gasteiger partial charge is 0.243 e. The number of unbranched alkanes of at least 4 members (excludes halogenated alkanes) is 1. The van der Waals surface area contributed by atoms with Crippen molar-refractivity contribution >= 4 is 68.9 Å². The van der Waals surface area contributed by atoms with Gasteiger partial charge in [0.05, 0.1) is 13.1 Å². The monoisotopic (exact) mass is 851 g/mol. The molecule has 0 bridgehead atoms. The molecule has 62 heavy (non-hydrogen) atoms. The lowest BCUT2D eigenvalue weighted by molar-refractivity contribution is -0.133. The Kier molecular flexibility index (Phi) is 17.4. The topological polar surface area (TPSA) is 249 Å². The number of carbonyl (C=O) groups excluding carboxylic acids is 8. The summed E-state index contributed by atoms with van der Waals surface area (Å²) in [6.45, 7) is 2.65. The summed E-state index contributed by atoms with van der Waals surface area (Å²) in [6.07, 6.45) is 4.42. The van der Waals surface area contributed by atoms with E-state index in [4.69, 9.17) is 0 Å². The molecule has 4 atom stereocenters. The van der Waals surface area contributed by atoms with E-state index in [1.165, 1.54) is 6.92 Å². The van der Waals surface area contributed by atoms with Crippen molar-refractivity contribution < 1.29 is 38.4 Å². The number of aromatic amines is 1. The van der Waals surface area contributed by atoms with E-state index in [0.717, 1.165) is 33.7 Å². The molecule has 0 spiro atoms. The van der Waals surface area contributed by atoms with Crippen molar-refractivity contribution in [3.63, 3.8) is 0 Å². The fourth-order valence-corrected chi connectivity index (χ4v) is 7.25. The third-order valence-electron chi connectivity index (χ3n) is 10.6. The number of benzene rings is 3. The summed E-state index contributed by atoms with van der Waals surface area (Å²) in [5, 5.41) is 24.2. The highest BCUT2D eigenvalue weighted by molar-refractivity contribution is 5.96. The van der Waals surface area contributed by atoms with Gasteiger partial charge in [-0.05, 0) is 53.6 Å². The second-order valence-corrected chi connectivity index (χ2v) is 15.5. The van der Waals surface area contributed by atoms with Gasteiger partial charge in [0.15, 0.2) is 0 Å². The summed E-state index contributed by atoms with van der Waals surface area (Å²) in [6, 6.07) is 16.5. The van der Waals surface area contributed by atoms with Gasteiger partial charge in [-0.1, -0.05) is 80.4 Å². The largest absolute Gasteiger partial charge is 0.361 e. The molecule has 4 aromatic rings. The van der Waals surface area contributed by atoms with Gasteiger partial charge in [0, 0.05) is 56.4 Å². The molecule has 0 radical (unpaired) electrons. The van der Waals surface area contributed by atoms with Crippen LogP contribution in [0.25, 0.3) is 21.7 Å². The van der Waals surface area contributed by atoms with Crippen LogP contribution in [0.3, 0.4) is 0 Å². The van der Waals surface area contributed by atoms with E-state index in [2.05, 4.69) is 47.5 Å². The molecule has 3 aromatic carbocycles. The van der Waals surface area contributed by atoms with Gasteiger partial charge >= 0.3 is 0 Å². The van der Waals surface area contributed by atoms with Crippen LogP contribution in [-0.2, 0) is 51.2 Å². The summed E-state index contributed by atoms with van der Waals surface area (Å²) in [7, 11) is 0. The van der Waals surface area contributed by atoms with Gasteiger partial charge in [0.25, 0.3) is 0 Å². The van der Waals surface area contributed by atoms with E-state index >= 15 is 0 Å². The number of nitrogens with one attached hydrogen (secondary N) is 9. The molecule has 8 amide bonds. The molecular formula is C45H57N9O8. The Morgan fingerprint density at radius 2 is 1.37 bits per heavy atom. The van der Waals surface area contributed by atoms with Crippen LogP contribution in [0, 0.1) is 0 Å². The maximum absolute atomic E-state index is 13.8. The van der Waals surface area contributed by atoms with Crippen molar-refractivity contribution in [3.05, 3.63) is 84.1 Å². The molecule has 1 aromatic heterocycles. The van der Waals surface area contributed by atoms with E-state index in [0.29, 0.717) is 31.2 Å². The number of fused-ring (bicyclic) bond motifs is 2. The fraction of sp³-hybridized carbons (Fsp3) is 0.422. The summed E-state index contributed by atoms with van der Waals surface area (Å²) in [4.78, 5) is 109. The molecule has 17 nitrogen and oxygen atoms in total. The van der Waals surface area contributed by atoms with Gasteiger partial charge in [-0.3, -0.25) is 38.4 Å². The van der Waals surface area contributed by atoms with Crippen LogP contribution in [0.2, 0.25) is 0 Å². The first-order valence-corrected chi connectivity index (χ1v) is 21.2. The van der Waals surface area contributed by atoms with Crippen LogP contribution in [0.5, 0.6) is 0 Å². The summed E-state index contributed by atoms with van der Waals surface area (Å²) < 4.78 is 0. The van der Waals surface area contributed by atoms with Gasteiger partial charge in [-0.25, -0.2) is 0 Å². The normalized spacial score (nSPS) is 19.8. The predicted octanol–water partition coefficient (Wildman–Crippen LogP) is 1.29. The second-order valence-electron chi connectivity index (χ2n) is 15.5.